The van der Waals surface area contributed by atoms with Crippen LogP contribution in [0.1, 0.15) is 106 Å². The zero-order valence-electron chi connectivity index (χ0n) is 18.1. The lowest BCUT2D eigenvalue weighted by Crippen LogP contribution is -2.70. The van der Waals surface area contributed by atoms with Crippen molar-refractivity contribution in [1.82, 2.24) is 5.06 Å². The van der Waals surface area contributed by atoms with E-state index in [1.54, 1.807) is 5.06 Å². The van der Waals surface area contributed by atoms with E-state index in [2.05, 4.69) is 41.5 Å². The molecule has 2 aliphatic rings. The number of hydrogen-bond donors (Lipinski definition) is 1. The van der Waals surface area contributed by atoms with E-state index in [-0.39, 0.29) is 23.1 Å². The molecule has 2 fully saturated rings. The van der Waals surface area contributed by atoms with Gasteiger partial charge in [-0.25, -0.2) is 0 Å². The Balaban J connectivity index is 2.00. The van der Waals surface area contributed by atoms with E-state index in [0.717, 1.165) is 25.7 Å². The molecular weight excluding hydrogens is 326 g/mol. The van der Waals surface area contributed by atoms with Gasteiger partial charge in [-0.2, -0.15) is 5.06 Å². The summed E-state index contributed by atoms with van der Waals surface area (Å²) in [7, 11) is 0. The van der Waals surface area contributed by atoms with Crippen LogP contribution in [0.5, 0.6) is 0 Å². The smallest absolute Gasteiger partial charge is 0.175 e. The summed E-state index contributed by atoms with van der Waals surface area (Å²) in [5, 5.41) is 12.6. The largest absolute Gasteiger partial charge is 0.347 e. The van der Waals surface area contributed by atoms with Crippen molar-refractivity contribution in [2.45, 2.75) is 129 Å². The maximum Gasteiger partial charge on any atom is 0.175 e. The Morgan fingerprint density at radius 2 is 1.65 bits per heavy atom. The summed E-state index contributed by atoms with van der Waals surface area (Å²) >= 11 is 0. The average Bonchev–Trinajstić information content (AvgIpc) is 3.05. The number of hydrogen-bond acceptors (Lipinski definition) is 4. The minimum absolute atomic E-state index is 0.124. The predicted octanol–water partition coefficient (Wildman–Crippen LogP) is 5.92. The van der Waals surface area contributed by atoms with Gasteiger partial charge in [0, 0.05) is 17.9 Å². The third-order valence-electron chi connectivity index (χ3n) is 7.45. The molecule has 2 heterocycles. The van der Waals surface area contributed by atoms with Gasteiger partial charge in [0.25, 0.3) is 0 Å². The van der Waals surface area contributed by atoms with Gasteiger partial charge in [0.15, 0.2) is 5.79 Å². The molecule has 4 nitrogen and oxygen atoms in total. The lowest BCUT2D eigenvalue weighted by molar-refractivity contribution is -0.352. The van der Waals surface area contributed by atoms with E-state index in [9.17, 15) is 5.21 Å². The highest BCUT2D eigenvalue weighted by atomic mass is 16.7. The number of piperidine rings is 1. The molecule has 5 atom stereocenters. The number of hydroxylamine groups is 2. The molecule has 0 saturated carbocycles. The first-order valence-electron chi connectivity index (χ1n) is 11.1. The van der Waals surface area contributed by atoms with Gasteiger partial charge >= 0.3 is 0 Å². The summed E-state index contributed by atoms with van der Waals surface area (Å²) in [5.74, 6) is -0.430. The van der Waals surface area contributed by atoms with E-state index in [1.165, 1.54) is 38.5 Å². The molecule has 1 N–H and O–H groups in total. The number of rotatable bonds is 9. The molecule has 26 heavy (non-hydrogen) atoms. The summed E-state index contributed by atoms with van der Waals surface area (Å²) in [6, 6.07) is 0. The van der Waals surface area contributed by atoms with Gasteiger partial charge in [-0.05, 0) is 33.1 Å². The van der Waals surface area contributed by atoms with Crippen molar-refractivity contribution in [2.75, 3.05) is 6.61 Å². The van der Waals surface area contributed by atoms with E-state index < -0.39 is 5.79 Å². The molecule has 2 rings (SSSR count). The van der Waals surface area contributed by atoms with Crippen LogP contribution in [0.2, 0.25) is 0 Å². The summed E-state index contributed by atoms with van der Waals surface area (Å²) < 4.78 is 13.0. The zero-order valence-corrected chi connectivity index (χ0v) is 18.1. The average molecular weight is 370 g/mol. The SMILES string of the molecule is CCCCCCCC[C@@H]1COC2(CC(C)(CC)N(O)C(C)(CC)C2C)O1. The van der Waals surface area contributed by atoms with E-state index in [4.69, 9.17) is 9.47 Å². The van der Waals surface area contributed by atoms with Gasteiger partial charge in [-0.1, -0.05) is 66.2 Å². The Morgan fingerprint density at radius 1 is 1.00 bits per heavy atom. The highest BCUT2D eigenvalue weighted by Gasteiger charge is 2.63. The third-order valence-corrected chi connectivity index (χ3v) is 7.45. The standard InChI is InChI=1S/C22H43NO3/c1-7-10-11-12-13-14-15-19-16-25-22(26-19)17-20(5,8-2)23(24)21(6,9-3)18(22)4/h18-19,24H,7-17H2,1-6H3/t18?,19-,20?,21?,22?/m1/s1. The second-order valence-electron chi connectivity index (χ2n) is 9.19. The first-order chi connectivity index (χ1) is 12.3. The summed E-state index contributed by atoms with van der Waals surface area (Å²) in [4.78, 5) is 0. The van der Waals surface area contributed by atoms with Crippen LogP contribution in [0, 0.1) is 5.92 Å². The van der Waals surface area contributed by atoms with Gasteiger partial charge in [0.1, 0.15) is 0 Å². The van der Waals surface area contributed by atoms with Gasteiger partial charge < -0.3 is 14.7 Å². The molecule has 0 aromatic rings. The maximum absolute atomic E-state index is 11.0. The summed E-state index contributed by atoms with van der Waals surface area (Å²) in [6.07, 6.45) is 11.7. The van der Waals surface area contributed by atoms with Crippen LogP contribution in [-0.2, 0) is 9.47 Å². The molecule has 0 aliphatic carbocycles. The number of nitrogens with zero attached hydrogens (tertiary/aromatic N) is 1. The van der Waals surface area contributed by atoms with Crippen molar-refractivity contribution in [3.63, 3.8) is 0 Å². The Morgan fingerprint density at radius 3 is 2.27 bits per heavy atom. The number of ether oxygens (including phenoxy) is 2. The lowest BCUT2D eigenvalue weighted by Gasteiger charge is -2.60. The molecule has 0 aromatic carbocycles. The highest BCUT2D eigenvalue weighted by molar-refractivity contribution is 5.08. The normalized spacial score (nSPS) is 41.2. The van der Waals surface area contributed by atoms with Gasteiger partial charge in [0.2, 0.25) is 0 Å². The van der Waals surface area contributed by atoms with Crippen LogP contribution in [0.25, 0.3) is 0 Å². The maximum atomic E-state index is 11.0. The molecule has 1 spiro atoms. The minimum Gasteiger partial charge on any atom is -0.347 e. The lowest BCUT2D eigenvalue weighted by atomic mass is 9.67. The Bertz CT molecular complexity index is 445. The van der Waals surface area contributed by atoms with Crippen LogP contribution in [-0.4, -0.2) is 39.8 Å². The summed E-state index contributed by atoms with van der Waals surface area (Å²) in [6.45, 7) is 13.7. The van der Waals surface area contributed by atoms with Gasteiger partial charge in [0.05, 0.1) is 18.2 Å². The van der Waals surface area contributed by atoms with Crippen molar-refractivity contribution in [3.8, 4) is 0 Å². The van der Waals surface area contributed by atoms with Crippen LogP contribution in [0.15, 0.2) is 0 Å². The molecular formula is C22H43NO3. The Hall–Kier alpha value is -0.160. The summed E-state index contributed by atoms with van der Waals surface area (Å²) in [5.41, 5.74) is -0.648. The Labute approximate surface area is 161 Å². The van der Waals surface area contributed by atoms with Gasteiger partial charge in [-0.15, -0.1) is 0 Å². The second-order valence-corrected chi connectivity index (χ2v) is 9.19. The molecule has 0 amide bonds. The van der Waals surface area contributed by atoms with Gasteiger partial charge in [-0.3, -0.25) is 0 Å². The molecule has 154 valence electrons. The fourth-order valence-corrected chi connectivity index (χ4v) is 4.96. The van der Waals surface area contributed by atoms with E-state index in [1.807, 2.05) is 0 Å². The number of unbranched alkanes of at least 4 members (excludes halogenated alkanes) is 5. The molecule has 0 bridgehead atoms. The van der Waals surface area contributed by atoms with Crippen molar-refractivity contribution in [2.24, 2.45) is 5.92 Å². The van der Waals surface area contributed by atoms with Crippen molar-refractivity contribution >= 4 is 0 Å². The monoisotopic (exact) mass is 369 g/mol. The second kappa shape index (κ2) is 8.89. The van der Waals surface area contributed by atoms with Crippen LogP contribution >= 0.6 is 0 Å². The molecule has 0 radical (unpaired) electrons. The third kappa shape index (κ3) is 4.14. The zero-order chi connectivity index (χ0) is 19.4. The molecule has 4 unspecified atom stereocenters. The minimum atomic E-state index is -0.554. The first kappa shape index (κ1) is 22.1. The molecule has 2 aliphatic heterocycles. The first-order valence-corrected chi connectivity index (χ1v) is 11.1. The molecule has 2 saturated heterocycles. The quantitative estimate of drug-likeness (QED) is 0.512. The van der Waals surface area contributed by atoms with Crippen molar-refractivity contribution in [1.29, 1.82) is 0 Å². The van der Waals surface area contributed by atoms with E-state index >= 15 is 0 Å². The van der Waals surface area contributed by atoms with Crippen molar-refractivity contribution in [3.05, 3.63) is 0 Å². The predicted molar refractivity (Wildman–Crippen MR) is 106 cm³/mol. The Kier molecular flexibility index (Phi) is 7.57. The fourth-order valence-electron chi connectivity index (χ4n) is 4.96. The topological polar surface area (TPSA) is 41.9 Å². The van der Waals surface area contributed by atoms with Crippen LogP contribution in [0.4, 0.5) is 0 Å². The fraction of sp³-hybridized carbons (Fsp3) is 1.00. The van der Waals surface area contributed by atoms with Crippen molar-refractivity contribution < 1.29 is 14.7 Å². The van der Waals surface area contributed by atoms with E-state index in [0.29, 0.717) is 6.61 Å². The molecule has 4 heteroatoms. The highest BCUT2D eigenvalue weighted by Crippen LogP contribution is 2.53. The molecule has 0 aromatic heterocycles. The van der Waals surface area contributed by atoms with Crippen LogP contribution < -0.4 is 0 Å². The van der Waals surface area contributed by atoms with Crippen LogP contribution in [0.3, 0.4) is 0 Å².